The first-order valence-corrected chi connectivity index (χ1v) is 7.11. The average Bonchev–Trinajstić information content (AvgIpc) is 2.50. The maximum atomic E-state index is 12.1. The molecule has 130 valence electrons. The van der Waals surface area contributed by atoms with Gasteiger partial charge in [-0.25, -0.2) is 4.79 Å². The van der Waals surface area contributed by atoms with Crippen molar-refractivity contribution in [1.29, 1.82) is 0 Å². The molecule has 1 aromatic rings. The molecular weight excluding hydrogens is 320 g/mol. The van der Waals surface area contributed by atoms with Gasteiger partial charge in [-0.15, -0.1) is 0 Å². The number of nitrogens with zero attached hydrogens (tertiary/aromatic N) is 1. The Morgan fingerprint density at radius 3 is 2.21 bits per heavy atom. The molecule has 1 aromatic carbocycles. The van der Waals surface area contributed by atoms with Crippen LogP contribution in [0.2, 0.25) is 0 Å². The van der Waals surface area contributed by atoms with Crippen LogP contribution in [-0.2, 0) is 23.9 Å². The minimum Gasteiger partial charge on any atom is -0.464 e. The molecule has 0 spiro atoms. The fraction of sp³-hybridized carbons (Fsp3) is 0.400. The lowest BCUT2D eigenvalue weighted by Gasteiger charge is -2.26. The third-order valence-electron chi connectivity index (χ3n) is 2.93. The number of nitro groups is 1. The zero-order valence-corrected chi connectivity index (χ0v) is 13.5. The molecule has 0 saturated carbocycles. The Morgan fingerprint density at radius 2 is 1.79 bits per heavy atom. The van der Waals surface area contributed by atoms with Crippen LogP contribution in [0.15, 0.2) is 24.3 Å². The van der Waals surface area contributed by atoms with Crippen molar-refractivity contribution in [3.05, 3.63) is 39.9 Å². The summed E-state index contributed by atoms with van der Waals surface area (Å²) in [5.74, 6) is -1.98. The van der Waals surface area contributed by atoms with E-state index in [-0.39, 0.29) is 12.3 Å². The summed E-state index contributed by atoms with van der Waals surface area (Å²) in [6.07, 6.45) is -1.17. The van der Waals surface area contributed by atoms with E-state index in [1.54, 1.807) is 6.92 Å². The van der Waals surface area contributed by atoms with E-state index in [0.717, 1.165) is 6.92 Å². The van der Waals surface area contributed by atoms with Gasteiger partial charge in [-0.05, 0) is 24.6 Å². The van der Waals surface area contributed by atoms with Gasteiger partial charge in [-0.2, -0.15) is 0 Å². The highest BCUT2D eigenvalue weighted by molar-refractivity contribution is 5.84. The third-order valence-corrected chi connectivity index (χ3v) is 2.93. The molecule has 0 bridgehead atoms. The fourth-order valence-corrected chi connectivity index (χ4v) is 2.00. The number of hydrogen-bond acceptors (Lipinski definition) is 7. The molecule has 2 unspecified atom stereocenters. The minimum atomic E-state index is -1.27. The van der Waals surface area contributed by atoms with Crippen molar-refractivity contribution in [3.8, 4) is 0 Å². The second-order valence-corrected chi connectivity index (χ2v) is 4.81. The van der Waals surface area contributed by atoms with Crippen molar-refractivity contribution in [2.75, 3.05) is 6.61 Å². The smallest absolute Gasteiger partial charge is 0.332 e. The van der Waals surface area contributed by atoms with Gasteiger partial charge in [0.1, 0.15) is 0 Å². The lowest BCUT2D eigenvalue weighted by molar-refractivity contribution is -0.384. The summed E-state index contributed by atoms with van der Waals surface area (Å²) in [6, 6.07) is 3.84. The highest BCUT2D eigenvalue weighted by atomic mass is 16.6. The van der Waals surface area contributed by atoms with Crippen LogP contribution in [-0.4, -0.2) is 35.4 Å². The fourth-order valence-electron chi connectivity index (χ4n) is 2.00. The Hall–Kier alpha value is -2.97. The first-order valence-electron chi connectivity index (χ1n) is 7.11. The highest BCUT2D eigenvalue weighted by Crippen LogP contribution is 2.25. The maximum Gasteiger partial charge on any atom is 0.332 e. The number of carbonyl (C=O) groups is 3. The molecule has 9 nitrogen and oxygen atoms in total. The molecule has 9 heteroatoms. The highest BCUT2D eigenvalue weighted by Gasteiger charge is 2.34. The Kier molecular flexibility index (Phi) is 6.84. The standard InChI is InChI=1S/C15H18N2O7/c1-4-23-15(20)13(16-9(2)18)14(24-10(3)19)11-5-7-12(8-6-11)17(21)22/h5-8,13-14H,4H2,1-3H3,(H,16,18). The van der Waals surface area contributed by atoms with Crippen LogP contribution in [0, 0.1) is 10.1 Å². The number of benzene rings is 1. The van der Waals surface area contributed by atoms with Crippen LogP contribution < -0.4 is 5.32 Å². The van der Waals surface area contributed by atoms with Crippen LogP contribution in [0.5, 0.6) is 0 Å². The topological polar surface area (TPSA) is 125 Å². The van der Waals surface area contributed by atoms with Crippen molar-refractivity contribution in [1.82, 2.24) is 5.32 Å². The Morgan fingerprint density at radius 1 is 1.21 bits per heavy atom. The molecule has 0 aromatic heterocycles. The lowest BCUT2D eigenvalue weighted by atomic mass is 10.0. The number of nitrogens with one attached hydrogen (secondary N) is 1. The van der Waals surface area contributed by atoms with Gasteiger partial charge in [0, 0.05) is 26.0 Å². The van der Waals surface area contributed by atoms with Gasteiger partial charge in [-0.3, -0.25) is 19.7 Å². The molecule has 0 saturated heterocycles. The Labute approximate surface area is 138 Å². The van der Waals surface area contributed by atoms with Crippen molar-refractivity contribution in [2.24, 2.45) is 0 Å². The third kappa shape index (κ3) is 5.34. The summed E-state index contributed by atoms with van der Waals surface area (Å²) in [7, 11) is 0. The Bertz CT molecular complexity index is 627. The van der Waals surface area contributed by atoms with Gasteiger partial charge >= 0.3 is 11.9 Å². The van der Waals surface area contributed by atoms with Gasteiger partial charge in [0.05, 0.1) is 11.5 Å². The van der Waals surface area contributed by atoms with Crippen LogP contribution in [0.3, 0.4) is 0 Å². The molecule has 0 aliphatic heterocycles. The van der Waals surface area contributed by atoms with Gasteiger partial charge in [0.15, 0.2) is 12.1 Å². The van der Waals surface area contributed by atoms with Gasteiger partial charge in [-0.1, -0.05) is 0 Å². The first-order chi connectivity index (χ1) is 11.3. The molecule has 0 aliphatic rings. The van der Waals surface area contributed by atoms with E-state index in [1.165, 1.54) is 31.2 Å². The van der Waals surface area contributed by atoms with Gasteiger partial charge < -0.3 is 14.8 Å². The molecule has 1 amide bonds. The molecule has 0 heterocycles. The molecular formula is C15H18N2O7. The minimum absolute atomic E-state index is 0.0714. The van der Waals surface area contributed by atoms with Crippen LogP contribution in [0.1, 0.15) is 32.4 Å². The molecule has 0 fully saturated rings. The van der Waals surface area contributed by atoms with E-state index in [4.69, 9.17) is 9.47 Å². The molecule has 0 radical (unpaired) electrons. The van der Waals surface area contributed by atoms with Crippen molar-refractivity contribution in [2.45, 2.75) is 32.9 Å². The quantitative estimate of drug-likeness (QED) is 0.451. The molecule has 1 N–H and O–H groups in total. The number of carbonyl (C=O) groups excluding carboxylic acids is 3. The number of non-ortho nitro benzene ring substituents is 1. The summed E-state index contributed by atoms with van der Waals surface area (Å²) < 4.78 is 10.0. The van der Waals surface area contributed by atoms with Crippen molar-refractivity contribution < 1.29 is 28.8 Å². The SMILES string of the molecule is CCOC(=O)C(NC(C)=O)C(OC(C)=O)c1ccc([N+](=O)[O-])cc1. The van der Waals surface area contributed by atoms with E-state index in [1.807, 2.05) is 0 Å². The summed E-state index contributed by atoms with van der Waals surface area (Å²) in [5.41, 5.74) is 0.148. The van der Waals surface area contributed by atoms with Crippen molar-refractivity contribution in [3.63, 3.8) is 0 Å². The normalized spacial score (nSPS) is 12.6. The number of ether oxygens (including phenoxy) is 2. The summed E-state index contributed by atoms with van der Waals surface area (Å²) >= 11 is 0. The number of hydrogen-bond donors (Lipinski definition) is 1. The lowest BCUT2D eigenvalue weighted by Crippen LogP contribution is -2.46. The number of esters is 2. The van der Waals surface area contributed by atoms with Crippen LogP contribution in [0.4, 0.5) is 5.69 Å². The zero-order valence-electron chi connectivity index (χ0n) is 13.5. The number of amides is 1. The van der Waals surface area contributed by atoms with E-state index >= 15 is 0 Å². The predicted molar refractivity (Wildman–Crippen MR) is 81.8 cm³/mol. The number of rotatable bonds is 7. The van der Waals surface area contributed by atoms with Crippen LogP contribution >= 0.6 is 0 Å². The van der Waals surface area contributed by atoms with E-state index in [2.05, 4.69) is 5.32 Å². The molecule has 1 rings (SSSR count). The summed E-state index contributed by atoms with van der Waals surface area (Å²) in [4.78, 5) is 45.0. The van der Waals surface area contributed by atoms with Gasteiger partial charge in [0.2, 0.25) is 5.91 Å². The molecule has 24 heavy (non-hydrogen) atoms. The summed E-state index contributed by atoms with van der Waals surface area (Å²) in [6.45, 7) is 4.01. The number of nitro benzene ring substituents is 1. The van der Waals surface area contributed by atoms with E-state index in [9.17, 15) is 24.5 Å². The first kappa shape index (κ1) is 19.1. The average molecular weight is 338 g/mol. The van der Waals surface area contributed by atoms with Crippen molar-refractivity contribution >= 4 is 23.5 Å². The van der Waals surface area contributed by atoms with Gasteiger partial charge in [0.25, 0.3) is 5.69 Å². The largest absolute Gasteiger partial charge is 0.464 e. The predicted octanol–water partition coefficient (Wildman–Crippen LogP) is 1.27. The zero-order chi connectivity index (χ0) is 18.3. The molecule has 2 atom stereocenters. The summed E-state index contributed by atoms with van der Waals surface area (Å²) in [5, 5.41) is 13.1. The molecule has 0 aliphatic carbocycles. The second-order valence-electron chi connectivity index (χ2n) is 4.81. The monoisotopic (exact) mass is 338 g/mol. The van der Waals surface area contributed by atoms with Crippen LogP contribution in [0.25, 0.3) is 0 Å². The maximum absolute atomic E-state index is 12.1. The van der Waals surface area contributed by atoms with E-state index in [0.29, 0.717) is 5.56 Å². The van der Waals surface area contributed by atoms with E-state index < -0.39 is 34.9 Å². The Balaban J connectivity index is 3.23. The second kappa shape index (κ2) is 8.61.